The fourth-order valence-electron chi connectivity index (χ4n) is 1.45. The Morgan fingerprint density at radius 3 is 2.20 bits per heavy atom. The van der Waals surface area contributed by atoms with Crippen molar-refractivity contribution in [3.63, 3.8) is 0 Å². The Balaban J connectivity index is 2.65. The Hall–Kier alpha value is 0.150. The predicted octanol–water partition coefficient (Wildman–Crippen LogP) is -1.07. The first-order valence-electron chi connectivity index (χ1n) is 4.93. The molecule has 4 N–H and O–H groups in total. The molecule has 5 nitrogen and oxygen atoms in total. The third-order valence-corrected chi connectivity index (χ3v) is 3.46. The van der Waals surface area contributed by atoms with Crippen molar-refractivity contribution < 1.29 is 25.2 Å². The average Bonchev–Trinajstić information content (AvgIpc) is 2.18. The molecule has 0 radical (unpaired) electrons. The molecule has 1 rings (SSSR count). The number of hydrogen-bond acceptors (Lipinski definition) is 6. The van der Waals surface area contributed by atoms with Crippen LogP contribution in [0.5, 0.6) is 0 Å². The molecule has 0 aromatic rings. The van der Waals surface area contributed by atoms with Gasteiger partial charge in [0.05, 0.1) is 6.61 Å². The SMILES string of the molecule is CC(C)S[C@H]1O[C@H](CO)[C@H](O)[C@@H](O)[C@@H]1O. The lowest BCUT2D eigenvalue weighted by Gasteiger charge is -2.40. The van der Waals surface area contributed by atoms with Crippen LogP contribution in [0.15, 0.2) is 0 Å². The highest BCUT2D eigenvalue weighted by Gasteiger charge is 2.43. The molecule has 5 atom stereocenters. The van der Waals surface area contributed by atoms with Crippen LogP contribution in [0.25, 0.3) is 0 Å². The van der Waals surface area contributed by atoms with Gasteiger partial charge < -0.3 is 25.2 Å². The van der Waals surface area contributed by atoms with E-state index in [-0.39, 0.29) is 11.9 Å². The van der Waals surface area contributed by atoms with Crippen molar-refractivity contribution >= 4 is 11.8 Å². The third kappa shape index (κ3) is 3.05. The maximum Gasteiger partial charge on any atom is 0.132 e. The van der Waals surface area contributed by atoms with Gasteiger partial charge in [-0.3, -0.25) is 0 Å². The zero-order valence-corrected chi connectivity index (χ0v) is 9.59. The number of ether oxygens (including phenoxy) is 1. The molecule has 0 amide bonds. The van der Waals surface area contributed by atoms with Gasteiger partial charge >= 0.3 is 0 Å². The molecule has 0 aromatic heterocycles. The Kier molecular flexibility index (Phi) is 4.82. The largest absolute Gasteiger partial charge is 0.394 e. The zero-order chi connectivity index (χ0) is 11.6. The van der Waals surface area contributed by atoms with E-state index in [4.69, 9.17) is 9.84 Å². The minimum atomic E-state index is -1.27. The molecule has 0 aromatic carbocycles. The fraction of sp³-hybridized carbons (Fsp3) is 1.00. The van der Waals surface area contributed by atoms with E-state index in [0.29, 0.717) is 0 Å². The van der Waals surface area contributed by atoms with E-state index in [1.54, 1.807) is 0 Å². The van der Waals surface area contributed by atoms with Crippen molar-refractivity contribution in [3.05, 3.63) is 0 Å². The second-order valence-corrected chi connectivity index (χ2v) is 5.56. The maximum absolute atomic E-state index is 9.63. The van der Waals surface area contributed by atoms with Gasteiger partial charge in [0.15, 0.2) is 0 Å². The van der Waals surface area contributed by atoms with Crippen LogP contribution in [0.2, 0.25) is 0 Å². The molecule has 0 bridgehead atoms. The van der Waals surface area contributed by atoms with Gasteiger partial charge in [-0.05, 0) is 0 Å². The zero-order valence-electron chi connectivity index (χ0n) is 8.78. The van der Waals surface area contributed by atoms with E-state index in [1.165, 1.54) is 11.8 Å². The van der Waals surface area contributed by atoms with Gasteiger partial charge in [0.25, 0.3) is 0 Å². The first-order chi connectivity index (χ1) is 6.97. The summed E-state index contributed by atoms with van der Waals surface area (Å²) in [5.74, 6) is 0. The van der Waals surface area contributed by atoms with Crippen LogP contribution in [0.4, 0.5) is 0 Å². The Labute approximate surface area is 93.1 Å². The number of thioether (sulfide) groups is 1. The summed E-state index contributed by atoms with van der Waals surface area (Å²) >= 11 is 1.35. The van der Waals surface area contributed by atoms with Crippen molar-refractivity contribution in [1.82, 2.24) is 0 Å². The van der Waals surface area contributed by atoms with Crippen LogP contribution in [-0.2, 0) is 4.74 Å². The molecule has 90 valence electrons. The van der Waals surface area contributed by atoms with Gasteiger partial charge in [0.2, 0.25) is 0 Å². The monoisotopic (exact) mass is 238 g/mol. The summed E-state index contributed by atoms with van der Waals surface area (Å²) in [5, 5.41) is 37.8. The summed E-state index contributed by atoms with van der Waals surface area (Å²) in [6.45, 7) is 3.50. The van der Waals surface area contributed by atoms with Crippen LogP contribution in [0.1, 0.15) is 13.8 Å². The quantitative estimate of drug-likeness (QED) is 0.500. The van der Waals surface area contributed by atoms with Crippen LogP contribution in [0, 0.1) is 0 Å². The maximum atomic E-state index is 9.63. The van der Waals surface area contributed by atoms with Crippen molar-refractivity contribution in [3.8, 4) is 0 Å². The highest BCUT2D eigenvalue weighted by Crippen LogP contribution is 2.30. The molecule has 1 saturated heterocycles. The number of hydrogen-bond donors (Lipinski definition) is 4. The average molecular weight is 238 g/mol. The normalized spacial score (nSPS) is 42.2. The van der Waals surface area contributed by atoms with E-state index in [1.807, 2.05) is 13.8 Å². The van der Waals surface area contributed by atoms with E-state index < -0.39 is 29.9 Å². The van der Waals surface area contributed by atoms with Gasteiger partial charge in [-0.1, -0.05) is 13.8 Å². The standard InChI is InChI=1S/C9H18O5S/c1-4(2)15-9-8(13)7(12)6(11)5(3-10)14-9/h4-13H,3H2,1-2H3/t5-,6+,7-,8+,9-/m1/s1. The van der Waals surface area contributed by atoms with E-state index in [2.05, 4.69) is 0 Å². The summed E-state index contributed by atoms with van der Waals surface area (Å²) < 4.78 is 5.29. The van der Waals surface area contributed by atoms with Gasteiger partial charge in [-0.25, -0.2) is 0 Å². The molecule has 1 heterocycles. The van der Waals surface area contributed by atoms with Gasteiger partial charge in [-0.15, -0.1) is 11.8 Å². The molecule has 1 aliphatic heterocycles. The highest BCUT2D eigenvalue weighted by atomic mass is 32.2. The second kappa shape index (κ2) is 5.47. The smallest absolute Gasteiger partial charge is 0.132 e. The van der Waals surface area contributed by atoms with Gasteiger partial charge in [0, 0.05) is 5.25 Å². The van der Waals surface area contributed by atoms with Crippen molar-refractivity contribution in [2.75, 3.05) is 6.61 Å². The summed E-state index contributed by atoms with van der Waals surface area (Å²) in [4.78, 5) is 0. The lowest BCUT2D eigenvalue weighted by atomic mass is 10.0. The highest BCUT2D eigenvalue weighted by molar-refractivity contribution is 8.00. The first-order valence-corrected chi connectivity index (χ1v) is 5.87. The molecule has 0 spiro atoms. The molecule has 0 unspecified atom stereocenters. The number of rotatable bonds is 3. The van der Waals surface area contributed by atoms with E-state index >= 15 is 0 Å². The molecule has 15 heavy (non-hydrogen) atoms. The summed E-state index contributed by atoms with van der Waals surface area (Å²) in [5.41, 5.74) is -0.611. The summed E-state index contributed by atoms with van der Waals surface area (Å²) in [7, 11) is 0. The Bertz CT molecular complexity index is 199. The third-order valence-electron chi connectivity index (χ3n) is 2.25. The molecule has 6 heteroatoms. The lowest BCUT2D eigenvalue weighted by molar-refractivity contribution is -0.205. The number of aliphatic hydroxyl groups is 4. The Morgan fingerprint density at radius 1 is 1.13 bits per heavy atom. The van der Waals surface area contributed by atoms with E-state index in [0.717, 1.165) is 0 Å². The van der Waals surface area contributed by atoms with Crippen LogP contribution in [0.3, 0.4) is 0 Å². The number of aliphatic hydroxyl groups excluding tert-OH is 4. The summed E-state index contributed by atoms with van der Waals surface area (Å²) in [6, 6.07) is 0. The molecule has 1 fully saturated rings. The molecular formula is C9H18O5S. The van der Waals surface area contributed by atoms with Gasteiger partial charge in [-0.2, -0.15) is 0 Å². The van der Waals surface area contributed by atoms with Crippen LogP contribution < -0.4 is 0 Å². The van der Waals surface area contributed by atoms with Crippen molar-refractivity contribution in [2.45, 2.75) is 48.9 Å². The van der Waals surface area contributed by atoms with E-state index in [9.17, 15) is 15.3 Å². The minimum Gasteiger partial charge on any atom is -0.394 e. The fourth-order valence-corrected chi connectivity index (χ4v) is 2.51. The topological polar surface area (TPSA) is 90.2 Å². The first kappa shape index (κ1) is 13.2. The minimum absolute atomic E-state index is 0.228. The van der Waals surface area contributed by atoms with Gasteiger partial charge in [0.1, 0.15) is 29.9 Å². The molecule has 0 aliphatic carbocycles. The predicted molar refractivity (Wildman–Crippen MR) is 56.5 cm³/mol. The van der Waals surface area contributed by atoms with Crippen LogP contribution in [-0.4, -0.2) is 62.1 Å². The summed E-state index contributed by atoms with van der Waals surface area (Å²) in [6.07, 6.45) is -4.48. The lowest BCUT2D eigenvalue weighted by Crippen LogP contribution is -2.57. The molecule has 0 saturated carbocycles. The van der Waals surface area contributed by atoms with Crippen molar-refractivity contribution in [1.29, 1.82) is 0 Å². The molecule has 1 aliphatic rings. The van der Waals surface area contributed by atoms with Crippen molar-refractivity contribution in [2.24, 2.45) is 0 Å². The molecular weight excluding hydrogens is 220 g/mol. The Morgan fingerprint density at radius 2 is 1.73 bits per heavy atom. The second-order valence-electron chi connectivity index (χ2n) is 3.88. The van der Waals surface area contributed by atoms with Crippen LogP contribution >= 0.6 is 11.8 Å².